The van der Waals surface area contributed by atoms with Gasteiger partial charge in [-0.25, -0.2) is 4.98 Å². The number of carbonyl (C=O) groups is 2. The van der Waals surface area contributed by atoms with E-state index in [4.69, 9.17) is 5.11 Å². The summed E-state index contributed by atoms with van der Waals surface area (Å²) in [4.78, 5) is 29.2. The van der Waals surface area contributed by atoms with Crippen LogP contribution < -0.4 is 0 Å². The lowest BCUT2D eigenvalue weighted by molar-refractivity contribution is -0.136. The summed E-state index contributed by atoms with van der Waals surface area (Å²) in [5, 5.41) is 8.74. The van der Waals surface area contributed by atoms with Gasteiger partial charge in [-0.1, -0.05) is 11.8 Å². The normalized spacial score (nSPS) is 14.4. The lowest BCUT2D eigenvalue weighted by Gasteiger charge is -2.30. The van der Waals surface area contributed by atoms with Crippen LogP contribution in [0.3, 0.4) is 0 Å². The van der Waals surface area contributed by atoms with E-state index in [1.165, 1.54) is 23.1 Å². The van der Waals surface area contributed by atoms with Gasteiger partial charge in [-0.05, 0) is 13.3 Å². The van der Waals surface area contributed by atoms with Crippen LogP contribution in [0.2, 0.25) is 0 Å². The molecule has 0 atom stereocenters. The number of amides is 1. The van der Waals surface area contributed by atoms with Crippen LogP contribution in [-0.4, -0.2) is 45.7 Å². The number of carboxylic acid groups (broad SMARTS) is 1. The Bertz CT molecular complexity index is 469. The third-order valence-corrected chi connectivity index (χ3v) is 5.00. The first-order valence-electron chi connectivity index (χ1n) is 5.65. The van der Waals surface area contributed by atoms with Crippen LogP contribution in [-0.2, 0) is 16.0 Å². The summed E-state index contributed by atoms with van der Waals surface area (Å²) in [5.41, 5.74) is 0.751. The molecule has 18 heavy (non-hydrogen) atoms. The zero-order valence-corrected chi connectivity index (χ0v) is 11.6. The molecule has 0 radical (unpaired) electrons. The van der Waals surface area contributed by atoms with E-state index in [0.29, 0.717) is 5.75 Å². The molecule has 2 rings (SSSR count). The third kappa shape index (κ3) is 3.23. The molecule has 0 unspecified atom stereocenters. The highest BCUT2D eigenvalue weighted by molar-refractivity contribution is 8.01. The molecule has 2 heterocycles. The number of carboxylic acids is 1. The number of hydrogen-bond acceptors (Lipinski definition) is 5. The van der Waals surface area contributed by atoms with Gasteiger partial charge < -0.3 is 10.0 Å². The monoisotopic (exact) mass is 286 g/mol. The van der Waals surface area contributed by atoms with E-state index in [1.807, 2.05) is 4.90 Å². The van der Waals surface area contributed by atoms with Gasteiger partial charge in [0, 0.05) is 18.0 Å². The number of rotatable bonds is 5. The lowest BCUT2D eigenvalue weighted by Crippen LogP contribution is -2.42. The van der Waals surface area contributed by atoms with Crippen molar-refractivity contribution >= 4 is 35.0 Å². The number of thioether (sulfide) groups is 1. The van der Waals surface area contributed by atoms with Crippen LogP contribution in [0.15, 0.2) is 4.34 Å². The predicted molar refractivity (Wildman–Crippen MR) is 70.1 cm³/mol. The Morgan fingerprint density at radius 3 is 2.78 bits per heavy atom. The fraction of sp³-hybridized carbons (Fsp3) is 0.545. The molecule has 0 aromatic carbocycles. The summed E-state index contributed by atoms with van der Waals surface area (Å²) in [7, 11) is 0. The second kappa shape index (κ2) is 5.71. The third-order valence-electron chi connectivity index (χ3n) is 2.71. The largest absolute Gasteiger partial charge is 0.481 e. The second-order valence-electron chi connectivity index (χ2n) is 4.08. The number of carbonyl (C=O) groups excluding carboxylic acids is 1. The molecule has 5 nitrogen and oxygen atoms in total. The van der Waals surface area contributed by atoms with Crippen molar-refractivity contribution in [3.63, 3.8) is 0 Å². The molecule has 1 N–H and O–H groups in total. The first-order chi connectivity index (χ1) is 8.56. The van der Waals surface area contributed by atoms with Crippen molar-refractivity contribution in [3.8, 4) is 0 Å². The molecule has 1 aliphatic heterocycles. The average molecular weight is 286 g/mol. The van der Waals surface area contributed by atoms with Gasteiger partial charge in [-0.15, -0.1) is 11.3 Å². The number of thiazole rings is 1. The van der Waals surface area contributed by atoms with Crippen LogP contribution in [0.4, 0.5) is 0 Å². The summed E-state index contributed by atoms with van der Waals surface area (Å²) in [6.07, 6.45) is 1.10. The quantitative estimate of drug-likeness (QED) is 0.829. The molecule has 0 bridgehead atoms. The number of nitrogens with zero attached hydrogens (tertiary/aromatic N) is 2. The number of aromatic nitrogens is 1. The van der Waals surface area contributed by atoms with Gasteiger partial charge in [0.2, 0.25) is 5.91 Å². The predicted octanol–water partition coefficient (Wildman–Crippen LogP) is 1.40. The topological polar surface area (TPSA) is 70.5 Å². The molecule has 0 saturated carbocycles. The summed E-state index contributed by atoms with van der Waals surface area (Å²) in [5.74, 6) is -0.326. The lowest BCUT2D eigenvalue weighted by atomic mass is 10.2. The Hall–Kier alpha value is -1.08. The van der Waals surface area contributed by atoms with Crippen molar-refractivity contribution in [2.45, 2.75) is 24.1 Å². The highest BCUT2D eigenvalue weighted by Crippen LogP contribution is 2.28. The molecule has 1 amide bonds. The summed E-state index contributed by atoms with van der Waals surface area (Å²) < 4.78 is 0.776. The second-order valence-corrected chi connectivity index (χ2v) is 6.39. The van der Waals surface area contributed by atoms with Crippen molar-refractivity contribution in [1.82, 2.24) is 9.88 Å². The van der Waals surface area contributed by atoms with E-state index in [0.717, 1.165) is 34.4 Å². The highest BCUT2D eigenvalue weighted by atomic mass is 32.2. The molecule has 98 valence electrons. The molecule has 0 spiro atoms. The minimum atomic E-state index is -0.852. The van der Waals surface area contributed by atoms with Gasteiger partial charge in [0.1, 0.15) is 0 Å². The first kappa shape index (κ1) is 13.4. The number of aliphatic carboxylic acids is 1. The van der Waals surface area contributed by atoms with E-state index in [9.17, 15) is 9.59 Å². The summed E-state index contributed by atoms with van der Waals surface area (Å²) >= 11 is 2.76. The molecule has 1 aromatic rings. The van der Waals surface area contributed by atoms with Gasteiger partial charge >= 0.3 is 5.97 Å². The molecule has 0 aliphatic carbocycles. The van der Waals surface area contributed by atoms with Crippen LogP contribution in [0.1, 0.15) is 17.0 Å². The van der Waals surface area contributed by atoms with Gasteiger partial charge in [-0.3, -0.25) is 9.59 Å². The standard InChI is InChI=1S/C11H14N2O3S2/c1-7-8(5-10(15)16)18-11(12-7)17-6-9(14)13-3-2-4-13/h2-6H2,1H3,(H,15,16). The molecule has 1 saturated heterocycles. The number of aryl methyl sites for hydroxylation is 1. The van der Waals surface area contributed by atoms with Gasteiger partial charge in [0.25, 0.3) is 0 Å². The Morgan fingerprint density at radius 2 is 2.22 bits per heavy atom. The Morgan fingerprint density at radius 1 is 1.50 bits per heavy atom. The summed E-state index contributed by atoms with van der Waals surface area (Å²) in [6.45, 7) is 3.52. The van der Waals surface area contributed by atoms with Gasteiger partial charge in [-0.2, -0.15) is 0 Å². The molecule has 1 aliphatic rings. The Labute approximate surface area is 113 Å². The SMILES string of the molecule is Cc1nc(SCC(=O)N2CCC2)sc1CC(=O)O. The zero-order chi connectivity index (χ0) is 13.1. The van der Waals surface area contributed by atoms with Crippen molar-refractivity contribution in [2.75, 3.05) is 18.8 Å². The number of hydrogen-bond donors (Lipinski definition) is 1. The van der Waals surface area contributed by atoms with Crippen molar-refractivity contribution in [2.24, 2.45) is 0 Å². The maximum Gasteiger partial charge on any atom is 0.308 e. The molecule has 1 fully saturated rings. The maximum atomic E-state index is 11.7. The van der Waals surface area contributed by atoms with Gasteiger partial charge in [0.05, 0.1) is 17.9 Å². The van der Waals surface area contributed by atoms with E-state index in [-0.39, 0.29) is 12.3 Å². The van der Waals surface area contributed by atoms with Crippen LogP contribution in [0.5, 0.6) is 0 Å². The van der Waals surface area contributed by atoms with E-state index in [1.54, 1.807) is 6.92 Å². The van der Waals surface area contributed by atoms with Crippen molar-refractivity contribution in [3.05, 3.63) is 10.6 Å². The van der Waals surface area contributed by atoms with Crippen LogP contribution in [0, 0.1) is 6.92 Å². The molecular weight excluding hydrogens is 272 g/mol. The molecule has 1 aromatic heterocycles. The van der Waals surface area contributed by atoms with Crippen LogP contribution >= 0.6 is 23.1 Å². The fourth-order valence-corrected chi connectivity index (χ4v) is 3.67. The van der Waals surface area contributed by atoms with Gasteiger partial charge in [0.15, 0.2) is 4.34 Å². The van der Waals surface area contributed by atoms with E-state index < -0.39 is 5.97 Å². The maximum absolute atomic E-state index is 11.7. The van der Waals surface area contributed by atoms with E-state index >= 15 is 0 Å². The fourth-order valence-electron chi connectivity index (χ4n) is 1.54. The average Bonchev–Trinajstić information content (AvgIpc) is 2.53. The smallest absolute Gasteiger partial charge is 0.308 e. The minimum absolute atomic E-state index is 0.00410. The zero-order valence-electron chi connectivity index (χ0n) is 10.0. The molecular formula is C11H14N2O3S2. The summed E-state index contributed by atoms with van der Waals surface area (Å²) in [6, 6.07) is 0. The van der Waals surface area contributed by atoms with E-state index in [2.05, 4.69) is 4.98 Å². The van der Waals surface area contributed by atoms with Crippen molar-refractivity contribution < 1.29 is 14.7 Å². The number of likely N-dealkylation sites (tertiary alicyclic amines) is 1. The highest BCUT2D eigenvalue weighted by Gasteiger charge is 2.20. The molecule has 7 heteroatoms. The minimum Gasteiger partial charge on any atom is -0.481 e. The van der Waals surface area contributed by atoms with Crippen LogP contribution in [0.25, 0.3) is 0 Å². The van der Waals surface area contributed by atoms with Crippen molar-refractivity contribution in [1.29, 1.82) is 0 Å². The Balaban J connectivity index is 1.89. The first-order valence-corrected chi connectivity index (χ1v) is 7.45. The Kier molecular flexibility index (Phi) is 4.23.